The lowest BCUT2D eigenvalue weighted by Gasteiger charge is -2.31. The third-order valence-corrected chi connectivity index (χ3v) is 4.28. The monoisotopic (exact) mass is 356 g/mol. The fraction of sp³-hybridized carbons (Fsp3) is 0.118. The Kier molecular flexibility index (Phi) is 3.89. The van der Waals surface area contributed by atoms with Crippen molar-refractivity contribution in [3.63, 3.8) is 0 Å². The van der Waals surface area contributed by atoms with Gasteiger partial charge in [0.1, 0.15) is 30.3 Å². The number of nitrogens with one attached hydrogen (secondary N) is 1. The quantitative estimate of drug-likeness (QED) is 0.722. The molecule has 2 heterocycles. The molecule has 0 unspecified atom stereocenters. The molecule has 4 rings (SSSR count). The first-order valence-corrected chi connectivity index (χ1v) is 8.22. The maximum absolute atomic E-state index is 13.1. The number of hydrogen-bond acceptors (Lipinski definition) is 6. The standard InChI is InChI=1S/C17H13FN4O2S/c1-24-10-6-7-14-13(8-10)19-15(23)9-22(14)16-11-4-2-3-5-12(11)20-17(21-16)25-18/h2-8H,9H2,1H3,(H,19,23). The van der Waals surface area contributed by atoms with E-state index < -0.39 is 0 Å². The maximum Gasteiger partial charge on any atom is 0.244 e. The molecule has 0 aliphatic carbocycles. The highest BCUT2D eigenvalue weighted by atomic mass is 32.2. The van der Waals surface area contributed by atoms with Crippen LogP contribution in [0.25, 0.3) is 10.9 Å². The summed E-state index contributed by atoms with van der Waals surface area (Å²) in [7, 11) is 1.56. The van der Waals surface area contributed by atoms with Crippen molar-refractivity contribution in [3.8, 4) is 5.75 Å². The van der Waals surface area contributed by atoms with E-state index in [1.807, 2.05) is 24.3 Å². The van der Waals surface area contributed by atoms with E-state index in [9.17, 15) is 8.68 Å². The van der Waals surface area contributed by atoms with Crippen LogP contribution in [0.3, 0.4) is 0 Å². The fourth-order valence-corrected chi connectivity index (χ4v) is 3.12. The molecule has 0 radical (unpaired) electrons. The number of ether oxygens (including phenoxy) is 1. The van der Waals surface area contributed by atoms with Crippen LogP contribution < -0.4 is 15.0 Å². The lowest BCUT2D eigenvalue weighted by Crippen LogP contribution is -2.35. The van der Waals surface area contributed by atoms with Gasteiger partial charge in [0, 0.05) is 11.5 Å². The van der Waals surface area contributed by atoms with Gasteiger partial charge >= 0.3 is 0 Å². The Hall–Kier alpha value is -2.87. The minimum atomic E-state index is -0.183. The highest BCUT2D eigenvalue weighted by Gasteiger charge is 2.26. The molecule has 1 amide bonds. The van der Waals surface area contributed by atoms with Crippen molar-refractivity contribution < 1.29 is 13.4 Å². The number of methoxy groups -OCH3 is 1. The van der Waals surface area contributed by atoms with E-state index in [4.69, 9.17) is 4.74 Å². The second-order valence-corrected chi connectivity index (χ2v) is 5.96. The van der Waals surface area contributed by atoms with Crippen molar-refractivity contribution in [2.75, 3.05) is 23.9 Å². The second-order valence-electron chi connectivity index (χ2n) is 5.44. The average molecular weight is 356 g/mol. The summed E-state index contributed by atoms with van der Waals surface area (Å²) in [6.07, 6.45) is 0. The predicted molar refractivity (Wildman–Crippen MR) is 95.1 cm³/mol. The number of carbonyl (C=O) groups is 1. The van der Waals surface area contributed by atoms with E-state index >= 15 is 0 Å². The summed E-state index contributed by atoms with van der Waals surface area (Å²) in [4.78, 5) is 22.4. The Balaban J connectivity index is 1.93. The van der Waals surface area contributed by atoms with Gasteiger partial charge in [-0.1, -0.05) is 12.1 Å². The summed E-state index contributed by atoms with van der Waals surface area (Å²) in [5.41, 5.74) is 2.00. The zero-order valence-corrected chi connectivity index (χ0v) is 14.0. The SMILES string of the molecule is COc1ccc2c(c1)NC(=O)CN2c1nc(SF)nc2ccccc12. The van der Waals surface area contributed by atoms with Gasteiger partial charge in [-0.15, -0.1) is 0 Å². The highest BCUT2D eigenvalue weighted by Crippen LogP contribution is 2.39. The number of amides is 1. The van der Waals surface area contributed by atoms with Gasteiger partial charge in [-0.3, -0.25) is 4.79 Å². The highest BCUT2D eigenvalue weighted by molar-refractivity contribution is 7.94. The van der Waals surface area contributed by atoms with Crippen LogP contribution in [0.15, 0.2) is 47.6 Å². The maximum atomic E-state index is 13.1. The Morgan fingerprint density at radius 1 is 1.24 bits per heavy atom. The van der Waals surface area contributed by atoms with Gasteiger partial charge in [0.15, 0.2) is 0 Å². The molecule has 25 heavy (non-hydrogen) atoms. The fourth-order valence-electron chi connectivity index (χ4n) is 2.86. The first-order chi connectivity index (χ1) is 12.2. The van der Waals surface area contributed by atoms with Gasteiger partial charge in [-0.25, -0.2) is 9.97 Å². The summed E-state index contributed by atoms with van der Waals surface area (Å²) in [5.74, 6) is 0.943. The van der Waals surface area contributed by atoms with Gasteiger partial charge in [0.25, 0.3) is 0 Å². The van der Waals surface area contributed by atoms with E-state index in [0.717, 1.165) is 11.1 Å². The summed E-state index contributed by atoms with van der Waals surface area (Å²) in [6, 6.07) is 12.7. The summed E-state index contributed by atoms with van der Waals surface area (Å²) in [6.45, 7) is 0.0801. The molecule has 0 bridgehead atoms. The van der Waals surface area contributed by atoms with Crippen LogP contribution in [0.2, 0.25) is 0 Å². The van der Waals surface area contributed by atoms with Crippen molar-refractivity contribution in [1.29, 1.82) is 0 Å². The second kappa shape index (κ2) is 6.21. The Morgan fingerprint density at radius 2 is 2.08 bits per heavy atom. The molecule has 0 spiro atoms. The van der Waals surface area contributed by atoms with Crippen molar-refractivity contribution in [3.05, 3.63) is 42.5 Å². The lowest BCUT2D eigenvalue weighted by molar-refractivity contribution is -0.115. The van der Waals surface area contributed by atoms with E-state index in [-0.39, 0.29) is 29.8 Å². The number of para-hydroxylation sites is 1. The van der Waals surface area contributed by atoms with E-state index in [0.29, 0.717) is 22.8 Å². The van der Waals surface area contributed by atoms with Crippen LogP contribution in [-0.2, 0) is 4.79 Å². The van der Waals surface area contributed by atoms with Crippen molar-refractivity contribution >= 4 is 46.2 Å². The number of anilines is 3. The van der Waals surface area contributed by atoms with Gasteiger partial charge in [0.2, 0.25) is 11.1 Å². The molecular weight excluding hydrogens is 343 g/mol. The third-order valence-electron chi connectivity index (χ3n) is 3.96. The molecule has 0 saturated carbocycles. The Labute approximate surface area is 147 Å². The van der Waals surface area contributed by atoms with Crippen LogP contribution >= 0.6 is 12.1 Å². The molecule has 6 nitrogen and oxygen atoms in total. The number of halogens is 1. The zero-order chi connectivity index (χ0) is 17.4. The largest absolute Gasteiger partial charge is 0.497 e. The molecule has 8 heteroatoms. The average Bonchev–Trinajstić information content (AvgIpc) is 2.65. The number of carbonyl (C=O) groups excluding carboxylic acids is 1. The number of hydrogen-bond donors (Lipinski definition) is 1. The number of rotatable bonds is 3. The van der Waals surface area contributed by atoms with Crippen molar-refractivity contribution in [2.24, 2.45) is 0 Å². The van der Waals surface area contributed by atoms with E-state index in [2.05, 4.69) is 15.3 Å². The summed E-state index contributed by atoms with van der Waals surface area (Å²) >= 11 is -0.0195. The van der Waals surface area contributed by atoms with Crippen LogP contribution in [0.4, 0.5) is 21.1 Å². The lowest BCUT2D eigenvalue weighted by atomic mass is 10.1. The number of fused-ring (bicyclic) bond motifs is 2. The summed E-state index contributed by atoms with van der Waals surface area (Å²) in [5, 5.41) is 3.58. The molecule has 3 aromatic rings. The van der Waals surface area contributed by atoms with Gasteiger partial charge in [0.05, 0.1) is 24.0 Å². The topological polar surface area (TPSA) is 67.3 Å². The molecule has 1 aliphatic rings. The molecule has 0 fully saturated rings. The van der Waals surface area contributed by atoms with Crippen LogP contribution in [0, 0.1) is 0 Å². The third kappa shape index (κ3) is 2.74. The van der Waals surface area contributed by atoms with Crippen LogP contribution in [0.1, 0.15) is 0 Å². The number of nitrogens with zero attached hydrogens (tertiary/aromatic N) is 3. The van der Waals surface area contributed by atoms with Gasteiger partial charge < -0.3 is 15.0 Å². The molecule has 0 saturated heterocycles. The predicted octanol–water partition coefficient (Wildman–Crippen LogP) is 3.71. The van der Waals surface area contributed by atoms with E-state index in [1.54, 1.807) is 30.2 Å². The molecule has 1 aromatic heterocycles. The Bertz CT molecular complexity index is 982. The molecule has 1 N–H and O–H groups in total. The first-order valence-electron chi connectivity index (χ1n) is 7.50. The first kappa shape index (κ1) is 15.6. The molecule has 126 valence electrons. The normalized spacial score (nSPS) is 13.5. The van der Waals surface area contributed by atoms with Gasteiger partial charge in [-0.05, 0) is 24.3 Å². The zero-order valence-electron chi connectivity index (χ0n) is 13.2. The molecule has 1 aliphatic heterocycles. The smallest absolute Gasteiger partial charge is 0.244 e. The number of aromatic nitrogens is 2. The molecule has 2 aromatic carbocycles. The van der Waals surface area contributed by atoms with Crippen LogP contribution in [0.5, 0.6) is 5.75 Å². The van der Waals surface area contributed by atoms with Crippen molar-refractivity contribution in [1.82, 2.24) is 9.97 Å². The minimum absolute atomic E-state index is 0.00902. The Morgan fingerprint density at radius 3 is 2.88 bits per heavy atom. The number of benzene rings is 2. The molecule has 0 atom stereocenters. The molecular formula is C17H13FN4O2S. The van der Waals surface area contributed by atoms with E-state index in [1.165, 1.54) is 0 Å². The minimum Gasteiger partial charge on any atom is -0.497 e. The summed E-state index contributed by atoms with van der Waals surface area (Å²) < 4.78 is 18.4. The van der Waals surface area contributed by atoms with Gasteiger partial charge in [-0.2, -0.15) is 3.89 Å². The van der Waals surface area contributed by atoms with Crippen molar-refractivity contribution in [2.45, 2.75) is 5.16 Å². The van der Waals surface area contributed by atoms with Crippen LogP contribution in [-0.4, -0.2) is 29.5 Å².